The van der Waals surface area contributed by atoms with Crippen LogP contribution in [0.4, 0.5) is 5.82 Å². The van der Waals surface area contributed by atoms with Crippen molar-refractivity contribution in [3.63, 3.8) is 0 Å². The fourth-order valence-electron chi connectivity index (χ4n) is 3.92. The van der Waals surface area contributed by atoms with Gasteiger partial charge in [-0.15, -0.1) is 0 Å². The Hall–Kier alpha value is -1.12. The van der Waals surface area contributed by atoms with Crippen LogP contribution >= 0.6 is 0 Å². The Morgan fingerprint density at radius 2 is 1.70 bits per heavy atom. The van der Waals surface area contributed by atoms with E-state index in [1.165, 1.54) is 19.3 Å². The van der Waals surface area contributed by atoms with Gasteiger partial charge in [-0.05, 0) is 36.0 Å². The molecular formula is C17H29N3. The van der Waals surface area contributed by atoms with E-state index >= 15 is 0 Å². The Bertz CT molecular complexity index is 447. The van der Waals surface area contributed by atoms with E-state index < -0.39 is 0 Å². The maximum atomic E-state index is 4.39. The lowest BCUT2D eigenvalue weighted by Crippen LogP contribution is -2.40. The molecule has 0 amide bonds. The van der Waals surface area contributed by atoms with E-state index in [1.54, 1.807) is 6.33 Å². The molecule has 3 heteroatoms. The Morgan fingerprint density at radius 3 is 2.25 bits per heavy atom. The fourth-order valence-corrected chi connectivity index (χ4v) is 3.92. The molecule has 0 aromatic carbocycles. The molecule has 1 aliphatic rings. The first-order chi connectivity index (χ1) is 9.17. The van der Waals surface area contributed by atoms with Crippen LogP contribution in [-0.2, 0) is 0 Å². The first-order valence-electron chi connectivity index (χ1n) is 7.75. The molecule has 1 saturated carbocycles. The van der Waals surface area contributed by atoms with Crippen molar-refractivity contribution >= 4 is 5.82 Å². The number of nitrogens with zero attached hydrogens (tertiary/aromatic N) is 2. The third-order valence-electron chi connectivity index (χ3n) is 4.19. The smallest absolute Gasteiger partial charge is 0.129 e. The quantitative estimate of drug-likeness (QED) is 0.875. The topological polar surface area (TPSA) is 37.8 Å². The number of aromatic nitrogens is 2. The third kappa shape index (κ3) is 3.94. The first-order valence-corrected chi connectivity index (χ1v) is 7.75. The van der Waals surface area contributed by atoms with Crippen LogP contribution in [0.1, 0.15) is 72.4 Å². The maximum absolute atomic E-state index is 4.39. The van der Waals surface area contributed by atoms with E-state index in [2.05, 4.69) is 62.9 Å². The van der Waals surface area contributed by atoms with Crippen LogP contribution in [0, 0.1) is 10.8 Å². The van der Waals surface area contributed by atoms with E-state index in [0.29, 0.717) is 22.8 Å². The maximum Gasteiger partial charge on any atom is 0.129 e. The third-order valence-corrected chi connectivity index (χ3v) is 4.19. The van der Waals surface area contributed by atoms with Crippen LogP contribution in [0.3, 0.4) is 0 Å². The minimum Gasteiger partial charge on any atom is -0.367 e. The molecule has 0 spiro atoms. The van der Waals surface area contributed by atoms with Gasteiger partial charge in [0, 0.05) is 17.8 Å². The number of hydrogen-bond donors (Lipinski definition) is 1. The molecule has 0 bridgehead atoms. The SMILES string of the molecule is CC(C)c1cc(NC2CC(C)(C)CC(C)(C)C2)ncn1. The average Bonchev–Trinajstić information content (AvgIpc) is 2.24. The van der Waals surface area contributed by atoms with Gasteiger partial charge in [0.05, 0.1) is 0 Å². The van der Waals surface area contributed by atoms with E-state index in [4.69, 9.17) is 0 Å². The van der Waals surface area contributed by atoms with E-state index in [-0.39, 0.29) is 0 Å². The van der Waals surface area contributed by atoms with Crippen LogP contribution < -0.4 is 5.32 Å². The van der Waals surface area contributed by atoms with Crippen molar-refractivity contribution in [3.05, 3.63) is 18.1 Å². The average molecular weight is 275 g/mol. The molecular weight excluding hydrogens is 246 g/mol. The molecule has 3 nitrogen and oxygen atoms in total. The Labute approximate surface area is 123 Å². The van der Waals surface area contributed by atoms with Crippen LogP contribution in [0.25, 0.3) is 0 Å². The van der Waals surface area contributed by atoms with Crippen LogP contribution in [0.2, 0.25) is 0 Å². The Balaban J connectivity index is 2.11. The second-order valence-electron chi connectivity index (χ2n) is 8.24. The van der Waals surface area contributed by atoms with Gasteiger partial charge in [-0.2, -0.15) is 0 Å². The van der Waals surface area contributed by atoms with Gasteiger partial charge in [0.2, 0.25) is 0 Å². The van der Waals surface area contributed by atoms with Crippen molar-refractivity contribution in [1.82, 2.24) is 9.97 Å². The first kappa shape index (κ1) is 15.3. The summed E-state index contributed by atoms with van der Waals surface area (Å²) in [5, 5.41) is 3.64. The van der Waals surface area contributed by atoms with Crippen molar-refractivity contribution < 1.29 is 0 Å². The molecule has 1 aromatic rings. The predicted molar refractivity (Wildman–Crippen MR) is 84.9 cm³/mol. The van der Waals surface area contributed by atoms with Crippen LogP contribution in [0.15, 0.2) is 12.4 Å². The van der Waals surface area contributed by atoms with Crippen LogP contribution in [0.5, 0.6) is 0 Å². The monoisotopic (exact) mass is 275 g/mol. The molecule has 0 atom stereocenters. The van der Waals surface area contributed by atoms with E-state index in [9.17, 15) is 0 Å². The zero-order valence-electron chi connectivity index (χ0n) is 13.8. The largest absolute Gasteiger partial charge is 0.367 e. The molecule has 1 heterocycles. The highest BCUT2D eigenvalue weighted by Gasteiger charge is 2.38. The fraction of sp³-hybridized carbons (Fsp3) is 0.765. The normalized spacial score (nSPS) is 21.9. The van der Waals surface area contributed by atoms with Gasteiger partial charge in [0.1, 0.15) is 12.1 Å². The highest BCUT2D eigenvalue weighted by atomic mass is 15.0. The van der Waals surface area contributed by atoms with Crippen LogP contribution in [-0.4, -0.2) is 16.0 Å². The summed E-state index contributed by atoms with van der Waals surface area (Å²) in [6, 6.07) is 2.60. The minimum atomic E-state index is 0.396. The standard InChI is InChI=1S/C17H29N3/c1-12(2)14-7-15(19-11-18-14)20-13-8-16(3,4)10-17(5,6)9-13/h7,11-13H,8-10H2,1-6H3,(H,18,19,20). The molecule has 0 radical (unpaired) electrons. The summed E-state index contributed by atoms with van der Waals surface area (Å²) in [5.41, 5.74) is 1.90. The zero-order chi connectivity index (χ0) is 15.0. The van der Waals surface area contributed by atoms with Gasteiger partial charge in [-0.1, -0.05) is 41.5 Å². The molecule has 0 unspecified atom stereocenters. The molecule has 1 fully saturated rings. The summed E-state index contributed by atoms with van der Waals surface area (Å²) >= 11 is 0. The highest BCUT2D eigenvalue weighted by molar-refractivity contribution is 5.37. The van der Waals surface area contributed by atoms with E-state index in [1.807, 2.05) is 0 Å². The van der Waals surface area contributed by atoms with Crippen molar-refractivity contribution in [2.45, 2.75) is 72.8 Å². The molecule has 20 heavy (non-hydrogen) atoms. The second kappa shape index (κ2) is 5.34. The Kier molecular flexibility index (Phi) is 4.08. The predicted octanol–water partition coefficient (Wildman–Crippen LogP) is 4.62. The summed E-state index contributed by atoms with van der Waals surface area (Å²) in [6.45, 7) is 13.8. The zero-order valence-corrected chi connectivity index (χ0v) is 13.8. The van der Waals surface area contributed by atoms with Gasteiger partial charge < -0.3 is 5.32 Å². The molecule has 0 saturated heterocycles. The number of rotatable bonds is 3. The van der Waals surface area contributed by atoms with Gasteiger partial charge in [0.15, 0.2) is 0 Å². The number of nitrogens with one attached hydrogen (secondary N) is 1. The lowest BCUT2D eigenvalue weighted by molar-refractivity contribution is 0.105. The van der Waals surface area contributed by atoms with Crippen molar-refractivity contribution in [1.29, 1.82) is 0 Å². The lowest BCUT2D eigenvalue weighted by atomic mass is 9.63. The van der Waals surface area contributed by atoms with Gasteiger partial charge in [0.25, 0.3) is 0 Å². The van der Waals surface area contributed by atoms with Crippen molar-refractivity contribution in [2.24, 2.45) is 10.8 Å². The molecule has 1 N–H and O–H groups in total. The lowest BCUT2D eigenvalue weighted by Gasteiger charge is -2.45. The number of anilines is 1. The molecule has 112 valence electrons. The summed E-state index contributed by atoms with van der Waals surface area (Å²) in [4.78, 5) is 8.73. The van der Waals surface area contributed by atoms with Gasteiger partial charge >= 0.3 is 0 Å². The van der Waals surface area contributed by atoms with E-state index in [0.717, 1.165) is 11.5 Å². The molecule has 0 aliphatic heterocycles. The molecule has 1 aliphatic carbocycles. The van der Waals surface area contributed by atoms with Crippen molar-refractivity contribution in [3.8, 4) is 0 Å². The highest BCUT2D eigenvalue weighted by Crippen LogP contribution is 2.46. The summed E-state index contributed by atoms with van der Waals surface area (Å²) in [7, 11) is 0. The summed E-state index contributed by atoms with van der Waals surface area (Å²) in [6.07, 6.45) is 5.38. The minimum absolute atomic E-state index is 0.396. The Morgan fingerprint density at radius 1 is 1.10 bits per heavy atom. The molecule has 2 rings (SSSR count). The molecule has 1 aromatic heterocycles. The van der Waals surface area contributed by atoms with Gasteiger partial charge in [-0.3, -0.25) is 0 Å². The van der Waals surface area contributed by atoms with Crippen molar-refractivity contribution in [2.75, 3.05) is 5.32 Å². The summed E-state index contributed by atoms with van der Waals surface area (Å²) < 4.78 is 0. The van der Waals surface area contributed by atoms with Gasteiger partial charge in [-0.25, -0.2) is 9.97 Å². The number of hydrogen-bond acceptors (Lipinski definition) is 3. The second-order valence-corrected chi connectivity index (χ2v) is 8.24. The summed E-state index contributed by atoms with van der Waals surface area (Å²) in [5.74, 6) is 1.42.